The van der Waals surface area contributed by atoms with Crippen molar-refractivity contribution in [3.8, 4) is 5.75 Å². The lowest BCUT2D eigenvalue weighted by atomic mass is 10.2. The first-order chi connectivity index (χ1) is 7.49. The van der Waals surface area contributed by atoms with Crippen molar-refractivity contribution < 1.29 is 19.0 Å². The van der Waals surface area contributed by atoms with Crippen LogP contribution >= 0.6 is 15.9 Å². The molecule has 16 heavy (non-hydrogen) atoms. The van der Waals surface area contributed by atoms with Gasteiger partial charge in [0.15, 0.2) is 0 Å². The van der Waals surface area contributed by atoms with Gasteiger partial charge in [0.1, 0.15) is 11.6 Å². The van der Waals surface area contributed by atoms with Crippen molar-refractivity contribution in [2.45, 2.75) is 25.9 Å². The number of carboxylic acid groups (broad SMARTS) is 1. The van der Waals surface area contributed by atoms with Gasteiger partial charge in [-0.15, -0.1) is 0 Å². The van der Waals surface area contributed by atoms with Gasteiger partial charge in [-0.3, -0.25) is 4.79 Å². The average Bonchev–Trinajstić information content (AvgIpc) is 2.21. The second kappa shape index (κ2) is 5.84. The van der Waals surface area contributed by atoms with Gasteiger partial charge in [-0.1, -0.05) is 0 Å². The van der Waals surface area contributed by atoms with Crippen LogP contribution in [0, 0.1) is 5.82 Å². The van der Waals surface area contributed by atoms with E-state index in [2.05, 4.69) is 15.9 Å². The van der Waals surface area contributed by atoms with Crippen LogP contribution in [0.2, 0.25) is 0 Å². The summed E-state index contributed by atoms with van der Waals surface area (Å²) < 4.78 is 18.7. The van der Waals surface area contributed by atoms with Gasteiger partial charge in [0.25, 0.3) is 0 Å². The summed E-state index contributed by atoms with van der Waals surface area (Å²) in [5.74, 6) is -0.688. The summed E-state index contributed by atoms with van der Waals surface area (Å²) in [6.07, 6.45) is 0.266. The standard InChI is InChI=1S/C11H12BrFO3/c1-7(2-5-11(14)15)16-8-3-4-10(13)9(12)6-8/h3-4,6-7H,2,5H2,1H3,(H,14,15). The first-order valence-electron chi connectivity index (χ1n) is 4.82. The molecule has 0 bridgehead atoms. The van der Waals surface area contributed by atoms with Crippen LogP contribution in [0.1, 0.15) is 19.8 Å². The minimum absolute atomic E-state index is 0.0591. The first kappa shape index (κ1) is 13.0. The third-order valence-electron chi connectivity index (χ3n) is 1.99. The number of aliphatic carboxylic acids is 1. The van der Waals surface area contributed by atoms with E-state index in [0.717, 1.165) is 0 Å². The molecule has 88 valence electrons. The second-order valence-corrected chi connectivity index (χ2v) is 4.29. The van der Waals surface area contributed by atoms with Gasteiger partial charge >= 0.3 is 5.97 Å². The van der Waals surface area contributed by atoms with Crippen LogP contribution in [0.15, 0.2) is 22.7 Å². The van der Waals surface area contributed by atoms with E-state index in [1.54, 1.807) is 6.92 Å². The van der Waals surface area contributed by atoms with Crippen LogP contribution in [-0.4, -0.2) is 17.2 Å². The largest absolute Gasteiger partial charge is 0.491 e. The molecular formula is C11H12BrFO3. The van der Waals surface area contributed by atoms with Gasteiger partial charge in [-0.2, -0.15) is 0 Å². The predicted octanol–water partition coefficient (Wildman–Crippen LogP) is 3.22. The maximum Gasteiger partial charge on any atom is 0.303 e. The Morgan fingerprint density at radius 1 is 1.62 bits per heavy atom. The van der Waals surface area contributed by atoms with E-state index in [1.807, 2.05) is 0 Å². The minimum atomic E-state index is -0.851. The van der Waals surface area contributed by atoms with Gasteiger partial charge in [0.2, 0.25) is 0 Å². The van der Waals surface area contributed by atoms with E-state index in [9.17, 15) is 9.18 Å². The normalized spacial score (nSPS) is 12.2. The fourth-order valence-electron chi connectivity index (χ4n) is 1.17. The Balaban J connectivity index is 2.52. The molecule has 0 heterocycles. The summed E-state index contributed by atoms with van der Waals surface area (Å²) in [5.41, 5.74) is 0. The topological polar surface area (TPSA) is 46.5 Å². The molecule has 0 saturated carbocycles. The molecule has 0 aromatic heterocycles. The Hall–Kier alpha value is -1.10. The van der Waals surface area contributed by atoms with Crippen LogP contribution in [0.4, 0.5) is 4.39 Å². The first-order valence-corrected chi connectivity index (χ1v) is 5.62. The predicted molar refractivity (Wildman–Crippen MR) is 61.1 cm³/mol. The lowest BCUT2D eigenvalue weighted by molar-refractivity contribution is -0.137. The highest BCUT2D eigenvalue weighted by molar-refractivity contribution is 9.10. The average molecular weight is 291 g/mol. The minimum Gasteiger partial charge on any atom is -0.491 e. The number of rotatable bonds is 5. The summed E-state index contributed by atoms with van der Waals surface area (Å²) in [7, 11) is 0. The van der Waals surface area contributed by atoms with Gasteiger partial charge in [-0.25, -0.2) is 4.39 Å². The van der Waals surface area contributed by atoms with Crippen LogP contribution < -0.4 is 4.74 Å². The molecule has 0 saturated heterocycles. The summed E-state index contributed by atoms with van der Waals surface area (Å²) >= 11 is 3.05. The number of hydrogen-bond acceptors (Lipinski definition) is 2. The molecule has 1 rings (SSSR count). The highest BCUT2D eigenvalue weighted by Gasteiger charge is 2.08. The summed E-state index contributed by atoms with van der Waals surface area (Å²) in [5, 5.41) is 8.50. The van der Waals surface area contributed by atoms with E-state index in [1.165, 1.54) is 18.2 Å². The number of ether oxygens (including phenoxy) is 1. The van der Waals surface area contributed by atoms with Crippen molar-refractivity contribution in [2.24, 2.45) is 0 Å². The van der Waals surface area contributed by atoms with Crippen molar-refractivity contribution in [3.05, 3.63) is 28.5 Å². The molecule has 0 fully saturated rings. The van der Waals surface area contributed by atoms with Gasteiger partial charge < -0.3 is 9.84 Å². The smallest absolute Gasteiger partial charge is 0.303 e. The van der Waals surface area contributed by atoms with E-state index in [-0.39, 0.29) is 18.3 Å². The SMILES string of the molecule is CC(CCC(=O)O)Oc1ccc(F)c(Br)c1. The van der Waals surface area contributed by atoms with Crippen molar-refractivity contribution in [3.63, 3.8) is 0 Å². The lowest BCUT2D eigenvalue weighted by Gasteiger charge is -2.13. The quantitative estimate of drug-likeness (QED) is 0.906. The van der Waals surface area contributed by atoms with E-state index < -0.39 is 5.97 Å². The Kier molecular flexibility index (Phi) is 4.73. The molecule has 0 amide bonds. The Bertz CT molecular complexity index is 381. The molecule has 0 aliphatic rings. The zero-order valence-corrected chi connectivity index (χ0v) is 10.3. The van der Waals surface area contributed by atoms with Crippen molar-refractivity contribution in [2.75, 3.05) is 0 Å². The zero-order valence-electron chi connectivity index (χ0n) is 8.74. The number of carbonyl (C=O) groups is 1. The van der Waals surface area contributed by atoms with Crippen molar-refractivity contribution >= 4 is 21.9 Å². The second-order valence-electron chi connectivity index (χ2n) is 3.44. The number of hydrogen-bond donors (Lipinski definition) is 1. The van der Waals surface area contributed by atoms with Gasteiger partial charge in [-0.05, 0) is 47.5 Å². The number of carboxylic acids is 1. The molecule has 1 atom stereocenters. The van der Waals surface area contributed by atoms with Gasteiger partial charge in [0.05, 0.1) is 10.6 Å². The highest BCUT2D eigenvalue weighted by atomic mass is 79.9. The van der Waals surface area contributed by atoms with Crippen LogP contribution in [-0.2, 0) is 4.79 Å². The van der Waals surface area contributed by atoms with Crippen LogP contribution in [0.25, 0.3) is 0 Å². The molecule has 1 N–H and O–H groups in total. The van der Waals surface area contributed by atoms with Crippen molar-refractivity contribution in [1.82, 2.24) is 0 Å². The molecule has 1 unspecified atom stereocenters. The highest BCUT2D eigenvalue weighted by Crippen LogP contribution is 2.23. The molecule has 1 aromatic rings. The maximum atomic E-state index is 12.9. The Labute approximate surface area is 101 Å². The molecule has 5 heteroatoms. The number of halogens is 2. The lowest BCUT2D eigenvalue weighted by Crippen LogP contribution is -2.13. The Morgan fingerprint density at radius 3 is 2.88 bits per heavy atom. The molecule has 0 aliphatic heterocycles. The maximum absolute atomic E-state index is 12.9. The van der Waals surface area contributed by atoms with Crippen LogP contribution in [0.3, 0.4) is 0 Å². The Morgan fingerprint density at radius 2 is 2.31 bits per heavy atom. The van der Waals surface area contributed by atoms with Crippen molar-refractivity contribution in [1.29, 1.82) is 0 Å². The van der Waals surface area contributed by atoms with Crippen LogP contribution in [0.5, 0.6) is 5.75 Å². The van der Waals surface area contributed by atoms with E-state index >= 15 is 0 Å². The monoisotopic (exact) mass is 290 g/mol. The van der Waals surface area contributed by atoms with E-state index in [4.69, 9.17) is 9.84 Å². The summed E-state index contributed by atoms with van der Waals surface area (Å²) in [6.45, 7) is 1.78. The molecule has 0 radical (unpaired) electrons. The summed E-state index contributed by atoms with van der Waals surface area (Å²) in [6, 6.07) is 4.33. The molecule has 1 aromatic carbocycles. The fourth-order valence-corrected chi connectivity index (χ4v) is 1.53. The molecule has 3 nitrogen and oxygen atoms in total. The third-order valence-corrected chi connectivity index (χ3v) is 2.60. The fraction of sp³-hybridized carbons (Fsp3) is 0.364. The number of benzene rings is 1. The zero-order chi connectivity index (χ0) is 12.1. The van der Waals surface area contributed by atoms with E-state index in [0.29, 0.717) is 16.6 Å². The molecule has 0 spiro atoms. The van der Waals surface area contributed by atoms with Gasteiger partial charge in [0, 0.05) is 6.42 Å². The molecule has 0 aliphatic carbocycles. The summed E-state index contributed by atoms with van der Waals surface area (Å²) in [4.78, 5) is 10.3. The third kappa shape index (κ3) is 4.18. The molecular weight excluding hydrogens is 279 g/mol.